The van der Waals surface area contributed by atoms with Crippen molar-refractivity contribution in [2.24, 2.45) is 5.41 Å². The zero-order valence-corrected chi connectivity index (χ0v) is 10.7. The fraction of sp³-hybridized carbons (Fsp3) is 0.917. The molecule has 0 saturated carbocycles. The van der Waals surface area contributed by atoms with Crippen LogP contribution in [-0.2, 0) is 9.53 Å². The van der Waals surface area contributed by atoms with Gasteiger partial charge in [-0.1, -0.05) is 13.8 Å². The molecule has 1 amide bonds. The van der Waals surface area contributed by atoms with Gasteiger partial charge in [-0.2, -0.15) is 0 Å². The number of likely N-dealkylation sites (tertiary alicyclic amines) is 1. The zero-order chi connectivity index (χ0) is 12.4. The van der Waals surface area contributed by atoms with Crippen LogP contribution in [0.5, 0.6) is 0 Å². The van der Waals surface area contributed by atoms with E-state index < -0.39 is 5.60 Å². The summed E-state index contributed by atoms with van der Waals surface area (Å²) in [6, 6.07) is 0. The number of ether oxygens (including phenoxy) is 1. The van der Waals surface area contributed by atoms with Crippen LogP contribution in [0.25, 0.3) is 0 Å². The molecule has 0 aromatic heterocycles. The molecule has 1 saturated heterocycles. The molecule has 16 heavy (non-hydrogen) atoms. The average Bonchev–Trinajstić information content (AvgIpc) is 2.36. The molecule has 0 aromatic rings. The van der Waals surface area contributed by atoms with Gasteiger partial charge in [0, 0.05) is 25.1 Å². The molecule has 0 unspecified atom stereocenters. The van der Waals surface area contributed by atoms with Gasteiger partial charge in [-0.25, -0.2) is 0 Å². The number of amides is 1. The summed E-state index contributed by atoms with van der Waals surface area (Å²) in [5.41, 5.74) is -1.04. The van der Waals surface area contributed by atoms with Crippen molar-refractivity contribution in [2.45, 2.75) is 39.7 Å². The Bertz CT molecular complexity index is 245. The first-order chi connectivity index (χ1) is 7.30. The molecule has 1 rings (SSSR count). The molecule has 1 fully saturated rings. The maximum absolute atomic E-state index is 11.8. The third-order valence-corrected chi connectivity index (χ3v) is 3.56. The number of β-amino-alcohol motifs (C(OH)–C–C–N with tert-alkyl or cyclic N) is 1. The fourth-order valence-electron chi connectivity index (χ4n) is 1.93. The van der Waals surface area contributed by atoms with Crippen LogP contribution in [-0.4, -0.2) is 47.8 Å². The van der Waals surface area contributed by atoms with Crippen LogP contribution in [0.15, 0.2) is 0 Å². The van der Waals surface area contributed by atoms with E-state index in [-0.39, 0.29) is 11.3 Å². The van der Waals surface area contributed by atoms with Gasteiger partial charge < -0.3 is 14.7 Å². The van der Waals surface area contributed by atoms with Crippen LogP contribution in [0, 0.1) is 5.41 Å². The Balaban J connectivity index is 2.49. The Morgan fingerprint density at radius 2 is 2.00 bits per heavy atom. The molecule has 0 aromatic carbocycles. The standard InChI is InChI=1S/C12H23NO3/c1-5-16-7-6-10(14)13-8-11(2,3)12(4,15)9-13/h15H,5-9H2,1-4H3/t12-/m0/s1. The number of nitrogens with zero attached hydrogens (tertiary/aromatic N) is 1. The molecule has 1 N–H and O–H groups in total. The summed E-state index contributed by atoms with van der Waals surface area (Å²) in [5, 5.41) is 10.2. The maximum atomic E-state index is 11.8. The lowest BCUT2D eigenvalue weighted by molar-refractivity contribution is -0.132. The second-order valence-corrected chi connectivity index (χ2v) is 5.35. The SMILES string of the molecule is CCOCCC(=O)N1CC(C)(C)[C@@](C)(O)C1. The predicted molar refractivity (Wildman–Crippen MR) is 62.1 cm³/mol. The van der Waals surface area contributed by atoms with Crippen molar-refractivity contribution in [3.05, 3.63) is 0 Å². The Morgan fingerprint density at radius 3 is 2.44 bits per heavy atom. The molecular formula is C12H23NO3. The first-order valence-electron chi connectivity index (χ1n) is 5.88. The molecule has 1 aliphatic rings. The van der Waals surface area contributed by atoms with Crippen LogP contribution in [0.3, 0.4) is 0 Å². The second kappa shape index (κ2) is 4.72. The number of carbonyl (C=O) groups excluding carboxylic acids is 1. The van der Waals surface area contributed by atoms with Crippen molar-refractivity contribution in [3.8, 4) is 0 Å². The lowest BCUT2D eigenvalue weighted by Gasteiger charge is -2.30. The van der Waals surface area contributed by atoms with Gasteiger partial charge in [0.2, 0.25) is 5.91 Å². The van der Waals surface area contributed by atoms with Crippen LogP contribution in [0.4, 0.5) is 0 Å². The molecule has 1 atom stereocenters. The van der Waals surface area contributed by atoms with Gasteiger partial charge in [0.05, 0.1) is 18.6 Å². The van der Waals surface area contributed by atoms with Crippen molar-refractivity contribution in [3.63, 3.8) is 0 Å². The van der Waals surface area contributed by atoms with Crippen molar-refractivity contribution < 1.29 is 14.6 Å². The number of carbonyl (C=O) groups is 1. The summed E-state index contributed by atoms with van der Waals surface area (Å²) >= 11 is 0. The molecule has 0 radical (unpaired) electrons. The van der Waals surface area contributed by atoms with E-state index in [0.717, 1.165) is 0 Å². The summed E-state index contributed by atoms with van der Waals surface area (Å²) < 4.78 is 5.16. The normalized spacial score (nSPS) is 28.4. The van der Waals surface area contributed by atoms with Gasteiger partial charge in [-0.3, -0.25) is 4.79 Å². The highest BCUT2D eigenvalue weighted by Gasteiger charge is 2.48. The molecule has 4 nitrogen and oxygen atoms in total. The summed E-state index contributed by atoms with van der Waals surface area (Å²) in [5.74, 6) is 0.0688. The Kier molecular flexibility index (Phi) is 3.97. The maximum Gasteiger partial charge on any atom is 0.225 e. The van der Waals surface area contributed by atoms with Crippen molar-refractivity contribution >= 4 is 5.91 Å². The molecule has 0 spiro atoms. The number of rotatable bonds is 4. The predicted octanol–water partition coefficient (Wildman–Crippen LogP) is 1.03. The second-order valence-electron chi connectivity index (χ2n) is 5.35. The van der Waals surface area contributed by atoms with Crippen molar-refractivity contribution in [1.82, 2.24) is 4.90 Å². The van der Waals surface area contributed by atoms with E-state index in [4.69, 9.17) is 4.74 Å². The monoisotopic (exact) mass is 229 g/mol. The van der Waals surface area contributed by atoms with Gasteiger partial charge in [0.25, 0.3) is 0 Å². The van der Waals surface area contributed by atoms with Crippen LogP contribution >= 0.6 is 0 Å². The fourth-order valence-corrected chi connectivity index (χ4v) is 1.93. The minimum absolute atomic E-state index is 0.0688. The topological polar surface area (TPSA) is 49.8 Å². The quantitative estimate of drug-likeness (QED) is 0.733. The van der Waals surface area contributed by atoms with Gasteiger partial charge in [-0.05, 0) is 13.8 Å². The summed E-state index contributed by atoms with van der Waals surface area (Å²) in [7, 11) is 0. The molecule has 1 heterocycles. The van der Waals surface area contributed by atoms with E-state index in [1.165, 1.54) is 0 Å². The average molecular weight is 229 g/mol. The Morgan fingerprint density at radius 1 is 1.38 bits per heavy atom. The smallest absolute Gasteiger partial charge is 0.225 e. The molecule has 1 aliphatic heterocycles. The van der Waals surface area contributed by atoms with Crippen molar-refractivity contribution in [2.75, 3.05) is 26.3 Å². The molecule has 4 heteroatoms. The summed E-state index contributed by atoms with van der Waals surface area (Å²) in [4.78, 5) is 13.6. The first kappa shape index (κ1) is 13.5. The summed E-state index contributed by atoms with van der Waals surface area (Å²) in [6.07, 6.45) is 0.403. The molecule has 94 valence electrons. The highest BCUT2D eigenvalue weighted by molar-refractivity contribution is 5.76. The largest absolute Gasteiger partial charge is 0.388 e. The Labute approximate surface area is 97.6 Å². The van der Waals surface area contributed by atoms with E-state index in [2.05, 4.69) is 0 Å². The van der Waals surface area contributed by atoms with E-state index in [1.807, 2.05) is 20.8 Å². The van der Waals surface area contributed by atoms with Gasteiger partial charge in [0.1, 0.15) is 0 Å². The molecular weight excluding hydrogens is 206 g/mol. The van der Waals surface area contributed by atoms with Gasteiger partial charge >= 0.3 is 0 Å². The lowest BCUT2D eigenvalue weighted by Crippen LogP contribution is -2.40. The highest BCUT2D eigenvalue weighted by atomic mass is 16.5. The lowest BCUT2D eigenvalue weighted by atomic mass is 9.79. The van der Waals surface area contributed by atoms with E-state index in [1.54, 1.807) is 11.8 Å². The third kappa shape index (κ3) is 2.74. The minimum atomic E-state index is -0.797. The molecule has 0 bridgehead atoms. The number of hydrogen-bond acceptors (Lipinski definition) is 3. The number of hydrogen-bond donors (Lipinski definition) is 1. The number of aliphatic hydroxyl groups is 1. The first-order valence-corrected chi connectivity index (χ1v) is 5.88. The van der Waals surface area contributed by atoms with Crippen molar-refractivity contribution in [1.29, 1.82) is 0 Å². The van der Waals surface area contributed by atoms with Crippen LogP contribution < -0.4 is 0 Å². The molecule has 0 aliphatic carbocycles. The van der Waals surface area contributed by atoms with Gasteiger partial charge in [-0.15, -0.1) is 0 Å². The summed E-state index contributed by atoms with van der Waals surface area (Å²) in [6.45, 7) is 9.82. The Hall–Kier alpha value is -0.610. The van der Waals surface area contributed by atoms with E-state index in [0.29, 0.717) is 32.7 Å². The highest BCUT2D eigenvalue weighted by Crippen LogP contribution is 2.38. The third-order valence-electron chi connectivity index (χ3n) is 3.56. The zero-order valence-electron chi connectivity index (χ0n) is 10.7. The van der Waals surface area contributed by atoms with E-state index >= 15 is 0 Å². The van der Waals surface area contributed by atoms with Crippen LogP contribution in [0.1, 0.15) is 34.1 Å². The van der Waals surface area contributed by atoms with Crippen LogP contribution in [0.2, 0.25) is 0 Å². The van der Waals surface area contributed by atoms with Gasteiger partial charge in [0.15, 0.2) is 0 Å². The van der Waals surface area contributed by atoms with E-state index in [9.17, 15) is 9.90 Å². The minimum Gasteiger partial charge on any atom is -0.388 e.